The van der Waals surface area contributed by atoms with Crippen LogP contribution in [0.1, 0.15) is 29.4 Å². The number of amides is 1. The van der Waals surface area contributed by atoms with Crippen molar-refractivity contribution in [3.63, 3.8) is 0 Å². The van der Waals surface area contributed by atoms with Gasteiger partial charge in [0.2, 0.25) is 0 Å². The molecule has 0 aliphatic heterocycles. The molecule has 0 atom stereocenters. The van der Waals surface area contributed by atoms with Gasteiger partial charge in [0, 0.05) is 18.3 Å². The summed E-state index contributed by atoms with van der Waals surface area (Å²) in [6.07, 6.45) is 4.73. The van der Waals surface area contributed by atoms with Gasteiger partial charge in [0.1, 0.15) is 5.69 Å². The number of carbonyl (C=O) groups is 1. The molecule has 0 aromatic carbocycles. The lowest BCUT2D eigenvalue weighted by Gasteiger charge is -2.08. The zero-order valence-corrected chi connectivity index (χ0v) is 11.6. The van der Waals surface area contributed by atoms with E-state index < -0.39 is 10.8 Å². The van der Waals surface area contributed by atoms with Crippen LogP contribution in [0.4, 0.5) is 11.5 Å². The van der Waals surface area contributed by atoms with Crippen molar-refractivity contribution in [2.45, 2.75) is 18.9 Å². The highest BCUT2D eigenvalue weighted by molar-refractivity contribution is 6.33. The molecule has 2 heterocycles. The number of hydrogen-bond donors (Lipinski definition) is 1. The quantitative estimate of drug-likeness (QED) is 0.694. The van der Waals surface area contributed by atoms with Gasteiger partial charge in [-0.05, 0) is 25.0 Å². The average molecular weight is 307 g/mol. The van der Waals surface area contributed by atoms with Crippen molar-refractivity contribution in [2.75, 3.05) is 5.32 Å². The maximum absolute atomic E-state index is 12.3. The van der Waals surface area contributed by atoms with Crippen LogP contribution in [0.25, 0.3) is 0 Å². The van der Waals surface area contributed by atoms with Gasteiger partial charge in [-0.3, -0.25) is 14.9 Å². The summed E-state index contributed by atoms with van der Waals surface area (Å²) in [4.78, 5) is 26.6. The molecule has 3 rings (SSSR count). The predicted octanol–water partition coefficient (Wildman–Crippen LogP) is 3.03. The summed E-state index contributed by atoms with van der Waals surface area (Å²) in [6, 6.07) is 4.67. The number of nitrogens with zero attached hydrogens (tertiary/aromatic N) is 3. The molecule has 0 spiro atoms. The van der Waals surface area contributed by atoms with Crippen LogP contribution in [0.3, 0.4) is 0 Å². The van der Waals surface area contributed by atoms with Crippen LogP contribution < -0.4 is 5.32 Å². The lowest BCUT2D eigenvalue weighted by molar-refractivity contribution is -0.384. The van der Waals surface area contributed by atoms with Crippen LogP contribution >= 0.6 is 11.6 Å². The lowest BCUT2D eigenvalue weighted by Crippen LogP contribution is -2.17. The van der Waals surface area contributed by atoms with Crippen molar-refractivity contribution in [3.8, 4) is 0 Å². The van der Waals surface area contributed by atoms with Crippen LogP contribution in [0.15, 0.2) is 30.6 Å². The number of halogens is 1. The lowest BCUT2D eigenvalue weighted by atomic mass is 10.3. The van der Waals surface area contributed by atoms with Crippen LogP contribution in [0.2, 0.25) is 5.02 Å². The highest BCUT2D eigenvalue weighted by Gasteiger charge is 2.30. The van der Waals surface area contributed by atoms with Crippen LogP contribution in [-0.4, -0.2) is 20.4 Å². The van der Waals surface area contributed by atoms with E-state index in [0.29, 0.717) is 5.02 Å². The minimum Gasteiger partial charge on any atom is -0.334 e. The molecule has 1 aliphatic carbocycles. The van der Waals surface area contributed by atoms with Crippen LogP contribution in [-0.2, 0) is 0 Å². The van der Waals surface area contributed by atoms with Gasteiger partial charge in [-0.15, -0.1) is 0 Å². The smallest absolute Gasteiger partial charge is 0.287 e. The fourth-order valence-electron chi connectivity index (χ4n) is 2.05. The fraction of sp³-hybridized carbons (Fsp3) is 0.231. The summed E-state index contributed by atoms with van der Waals surface area (Å²) in [7, 11) is 0. The molecule has 0 saturated heterocycles. The third-order valence-electron chi connectivity index (χ3n) is 3.21. The highest BCUT2D eigenvalue weighted by atomic mass is 35.5. The molecule has 1 amide bonds. The third kappa shape index (κ3) is 2.73. The summed E-state index contributed by atoms with van der Waals surface area (Å²) < 4.78 is 1.64. The molecule has 8 heteroatoms. The predicted molar refractivity (Wildman–Crippen MR) is 76.6 cm³/mol. The molecule has 1 saturated carbocycles. The Balaban J connectivity index is 1.90. The largest absolute Gasteiger partial charge is 0.334 e. The Kier molecular flexibility index (Phi) is 3.34. The van der Waals surface area contributed by atoms with Gasteiger partial charge in [-0.2, -0.15) is 0 Å². The number of nitrogens with one attached hydrogen (secondary N) is 1. The van der Waals surface area contributed by atoms with Crippen LogP contribution in [0, 0.1) is 10.1 Å². The molecule has 21 heavy (non-hydrogen) atoms. The third-order valence-corrected chi connectivity index (χ3v) is 3.51. The molecule has 1 N–H and O–H groups in total. The first kappa shape index (κ1) is 13.6. The van der Waals surface area contributed by atoms with Gasteiger partial charge in [0.05, 0.1) is 16.1 Å². The monoisotopic (exact) mass is 306 g/mol. The van der Waals surface area contributed by atoms with E-state index in [4.69, 9.17) is 11.6 Å². The van der Waals surface area contributed by atoms with E-state index in [0.717, 1.165) is 12.8 Å². The zero-order chi connectivity index (χ0) is 15.0. The molecule has 1 aliphatic rings. The Bertz CT molecular complexity index is 724. The molecular formula is C13H11ClN4O3. The first-order valence-electron chi connectivity index (χ1n) is 6.34. The Labute approximate surface area is 124 Å². The molecule has 2 aromatic rings. The topological polar surface area (TPSA) is 90.1 Å². The minimum absolute atomic E-state index is 0.0980. The van der Waals surface area contributed by atoms with Gasteiger partial charge in [0.15, 0.2) is 5.82 Å². The SMILES string of the molecule is O=C(Nc1ncccc1Cl)c1cc([N+](=O)[O-])cn1C1CC1. The van der Waals surface area contributed by atoms with E-state index >= 15 is 0 Å². The number of nitro groups is 1. The van der Waals surface area contributed by atoms with Crippen molar-refractivity contribution >= 4 is 29.0 Å². The number of aromatic nitrogens is 2. The molecule has 0 bridgehead atoms. The Morgan fingerprint density at radius 3 is 2.90 bits per heavy atom. The molecule has 1 fully saturated rings. The first-order valence-corrected chi connectivity index (χ1v) is 6.72. The van der Waals surface area contributed by atoms with Gasteiger partial charge in [-0.1, -0.05) is 11.6 Å². The molecule has 2 aromatic heterocycles. The second-order valence-electron chi connectivity index (χ2n) is 4.77. The summed E-state index contributed by atoms with van der Waals surface area (Å²) in [5.41, 5.74) is 0.144. The number of anilines is 1. The number of rotatable bonds is 4. The van der Waals surface area contributed by atoms with E-state index in [1.54, 1.807) is 16.7 Å². The molecule has 7 nitrogen and oxygen atoms in total. The maximum Gasteiger partial charge on any atom is 0.287 e. The Morgan fingerprint density at radius 1 is 1.52 bits per heavy atom. The average Bonchev–Trinajstić information content (AvgIpc) is 3.19. The zero-order valence-electron chi connectivity index (χ0n) is 10.8. The van der Waals surface area contributed by atoms with Crippen molar-refractivity contribution in [3.05, 3.63) is 51.4 Å². The fourth-order valence-corrected chi connectivity index (χ4v) is 2.22. The number of pyridine rings is 1. The standard InChI is InChI=1S/C13H11ClN4O3/c14-10-2-1-5-15-12(10)16-13(19)11-6-9(18(20)21)7-17(11)8-3-4-8/h1-2,5-8H,3-4H2,(H,15,16,19). The number of hydrogen-bond acceptors (Lipinski definition) is 4. The van der Waals surface area contributed by atoms with Gasteiger partial charge >= 0.3 is 0 Å². The molecule has 0 unspecified atom stereocenters. The second kappa shape index (κ2) is 5.17. The Hall–Kier alpha value is -2.41. The maximum atomic E-state index is 12.3. The van der Waals surface area contributed by atoms with Crippen LogP contribution in [0.5, 0.6) is 0 Å². The first-order chi connectivity index (χ1) is 10.1. The van der Waals surface area contributed by atoms with Gasteiger partial charge in [-0.25, -0.2) is 4.98 Å². The second-order valence-corrected chi connectivity index (χ2v) is 5.17. The molecule has 108 valence electrons. The Morgan fingerprint density at radius 2 is 2.29 bits per heavy atom. The van der Waals surface area contributed by atoms with Crippen molar-refractivity contribution in [1.82, 2.24) is 9.55 Å². The highest BCUT2D eigenvalue weighted by Crippen LogP contribution is 2.38. The van der Waals surface area contributed by atoms with E-state index in [1.165, 1.54) is 18.5 Å². The summed E-state index contributed by atoms with van der Waals surface area (Å²) in [6.45, 7) is 0. The summed E-state index contributed by atoms with van der Waals surface area (Å²) in [5.74, 6) is -0.231. The normalized spacial score (nSPS) is 14.0. The van der Waals surface area contributed by atoms with Gasteiger partial charge in [0.25, 0.3) is 11.6 Å². The summed E-state index contributed by atoms with van der Waals surface area (Å²) >= 11 is 5.93. The molecule has 0 radical (unpaired) electrons. The van der Waals surface area contributed by atoms with Crippen molar-refractivity contribution < 1.29 is 9.72 Å². The van der Waals surface area contributed by atoms with Crippen molar-refractivity contribution in [1.29, 1.82) is 0 Å². The van der Waals surface area contributed by atoms with E-state index in [2.05, 4.69) is 10.3 Å². The molecular weight excluding hydrogens is 296 g/mol. The van der Waals surface area contributed by atoms with E-state index in [-0.39, 0.29) is 23.2 Å². The van der Waals surface area contributed by atoms with Crippen molar-refractivity contribution in [2.24, 2.45) is 0 Å². The summed E-state index contributed by atoms with van der Waals surface area (Å²) in [5, 5.41) is 13.8. The van der Waals surface area contributed by atoms with Gasteiger partial charge < -0.3 is 9.88 Å². The number of carbonyl (C=O) groups excluding carboxylic acids is 1. The van der Waals surface area contributed by atoms with E-state index in [9.17, 15) is 14.9 Å². The van der Waals surface area contributed by atoms with E-state index in [1.807, 2.05) is 0 Å². The minimum atomic E-state index is -0.511.